The van der Waals surface area contributed by atoms with Gasteiger partial charge in [-0.3, -0.25) is 33.6 Å². The van der Waals surface area contributed by atoms with E-state index in [1.807, 2.05) is 5.32 Å². The predicted molar refractivity (Wildman–Crippen MR) is 110 cm³/mol. The van der Waals surface area contributed by atoms with Crippen molar-refractivity contribution in [3.63, 3.8) is 0 Å². The molecule has 0 bridgehead atoms. The Hall–Kier alpha value is -4.28. The first-order valence-electron chi connectivity index (χ1n) is 9.60. The fourth-order valence-corrected chi connectivity index (χ4v) is 2.48. The first kappa shape index (κ1) is 29.7. The Morgan fingerprint density at radius 1 is 0.618 bits per heavy atom. The molecule has 0 radical (unpaired) electrons. The summed E-state index contributed by atoms with van der Waals surface area (Å²) in [6, 6.07) is -6.60. The van der Waals surface area contributed by atoms with Gasteiger partial charge in [0.25, 0.3) is 0 Å². The molecule has 13 N–H and O–H groups in total. The quantitative estimate of drug-likeness (QED) is 0.0983. The highest BCUT2D eigenvalue weighted by molar-refractivity contribution is 5.97. The van der Waals surface area contributed by atoms with Crippen molar-refractivity contribution in [1.82, 2.24) is 16.0 Å². The summed E-state index contributed by atoms with van der Waals surface area (Å²) in [6.07, 6.45) is -3.30. The third-order valence-electron chi connectivity index (χ3n) is 4.10. The summed E-state index contributed by atoms with van der Waals surface area (Å²) in [6.45, 7) is 0. The number of hydrogen-bond acceptors (Lipinski definition) is 9. The Balaban J connectivity index is 5.62. The largest absolute Gasteiger partial charge is 0.481 e. The first-order chi connectivity index (χ1) is 15.6. The lowest BCUT2D eigenvalue weighted by atomic mass is 10.1. The van der Waals surface area contributed by atoms with Crippen LogP contribution in [0, 0.1) is 0 Å². The van der Waals surface area contributed by atoms with Crippen LogP contribution in [0.2, 0.25) is 0 Å². The molecule has 190 valence electrons. The van der Waals surface area contributed by atoms with Crippen molar-refractivity contribution in [3.05, 3.63) is 0 Å². The molecule has 4 unspecified atom stereocenters. The van der Waals surface area contributed by atoms with Crippen LogP contribution in [0.4, 0.5) is 0 Å². The van der Waals surface area contributed by atoms with Crippen LogP contribution in [0.5, 0.6) is 0 Å². The van der Waals surface area contributed by atoms with E-state index in [1.165, 1.54) is 0 Å². The van der Waals surface area contributed by atoms with E-state index in [0.717, 1.165) is 0 Å². The molecule has 0 aromatic carbocycles. The van der Waals surface area contributed by atoms with E-state index in [0.29, 0.717) is 0 Å². The molecule has 0 saturated heterocycles. The molecular weight excluding hydrogens is 462 g/mol. The van der Waals surface area contributed by atoms with Gasteiger partial charge in [0.15, 0.2) is 0 Å². The topological polar surface area (TPSA) is 317 Å². The minimum absolute atomic E-state index is 0.486. The molecule has 0 rings (SSSR count). The maximum Gasteiger partial charge on any atom is 0.326 e. The first-order valence-corrected chi connectivity index (χ1v) is 9.60. The highest BCUT2D eigenvalue weighted by Gasteiger charge is 2.32. The van der Waals surface area contributed by atoms with Crippen molar-refractivity contribution < 1.29 is 48.6 Å². The van der Waals surface area contributed by atoms with Crippen LogP contribution in [0.15, 0.2) is 0 Å². The SMILES string of the molecule is NC(=O)CC(N)C(=O)NC(CCC(=O)O)C(=O)NC(CC(N)=O)C(=O)NC(CC(N)=O)C(=O)O. The van der Waals surface area contributed by atoms with Gasteiger partial charge in [0.2, 0.25) is 35.4 Å². The zero-order valence-corrected chi connectivity index (χ0v) is 17.8. The smallest absolute Gasteiger partial charge is 0.326 e. The van der Waals surface area contributed by atoms with Gasteiger partial charge in [-0.05, 0) is 6.42 Å². The van der Waals surface area contributed by atoms with E-state index in [9.17, 15) is 38.4 Å². The molecule has 0 aromatic rings. The average molecular weight is 489 g/mol. The molecule has 0 aliphatic rings. The molecule has 6 amide bonds. The Kier molecular flexibility index (Phi) is 12.2. The van der Waals surface area contributed by atoms with Crippen LogP contribution in [-0.4, -0.2) is 81.8 Å². The summed E-state index contributed by atoms with van der Waals surface area (Å²) in [5.41, 5.74) is 20.4. The number of amides is 6. The summed E-state index contributed by atoms with van der Waals surface area (Å²) in [4.78, 5) is 92.6. The zero-order valence-electron chi connectivity index (χ0n) is 17.8. The number of nitrogens with one attached hydrogen (secondary N) is 3. The monoisotopic (exact) mass is 489 g/mol. The molecule has 4 atom stereocenters. The van der Waals surface area contributed by atoms with E-state index in [1.54, 1.807) is 0 Å². The minimum atomic E-state index is -1.79. The van der Waals surface area contributed by atoms with Crippen molar-refractivity contribution in [1.29, 1.82) is 0 Å². The summed E-state index contributed by atoms with van der Waals surface area (Å²) in [5, 5.41) is 24.0. The Morgan fingerprint density at radius 2 is 1.03 bits per heavy atom. The average Bonchev–Trinajstić information content (AvgIpc) is 2.68. The van der Waals surface area contributed by atoms with Gasteiger partial charge in [-0.25, -0.2) is 4.79 Å². The van der Waals surface area contributed by atoms with Gasteiger partial charge >= 0.3 is 11.9 Å². The summed E-state index contributed by atoms with van der Waals surface area (Å²) >= 11 is 0. The van der Waals surface area contributed by atoms with E-state index in [4.69, 9.17) is 33.1 Å². The molecule has 34 heavy (non-hydrogen) atoms. The fourth-order valence-electron chi connectivity index (χ4n) is 2.48. The molecule has 0 aliphatic carbocycles. The second-order valence-corrected chi connectivity index (χ2v) is 7.07. The van der Waals surface area contributed by atoms with Crippen LogP contribution in [0.25, 0.3) is 0 Å². The van der Waals surface area contributed by atoms with Crippen molar-refractivity contribution in [2.24, 2.45) is 22.9 Å². The number of primary amides is 3. The molecular formula is C17H27N7O10. The van der Waals surface area contributed by atoms with Gasteiger partial charge in [-0.15, -0.1) is 0 Å². The standard InChI is InChI=1S/C17H27N7O10/c18-6(3-10(19)25)14(30)22-7(1-2-13(28)29)15(31)23-8(4-11(20)26)16(32)24-9(17(33)34)5-12(21)27/h6-9H,1-5,18H2,(H2,19,25)(H2,20,26)(H2,21,27)(H,22,30)(H,23,31)(H,24,32)(H,28,29)(H,33,34). The Morgan fingerprint density at radius 3 is 1.47 bits per heavy atom. The summed E-state index contributed by atoms with van der Waals surface area (Å²) < 4.78 is 0. The molecule has 0 aromatic heterocycles. The lowest BCUT2D eigenvalue weighted by molar-refractivity contribution is -0.144. The van der Waals surface area contributed by atoms with E-state index >= 15 is 0 Å². The molecule has 0 aliphatic heterocycles. The normalized spacial score (nSPS) is 13.9. The molecule has 0 fully saturated rings. The number of nitrogens with two attached hydrogens (primary N) is 4. The molecule has 17 heteroatoms. The highest BCUT2D eigenvalue weighted by atomic mass is 16.4. The Labute approximate surface area is 191 Å². The number of carboxylic acids is 2. The lowest BCUT2D eigenvalue weighted by Gasteiger charge is -2.24. The molecule has 17 nitrogen and oxygen atoms in total. The van der Waals surface area contributed by atoms with E-state index in [-0.39, 0.29) is 0 Å². The molecule has 0 saturated carbocycles. The number of hydrogen-bond donors (Lipinski definition) is 9. The van der Waals surface area contributed by atoms with E-state index < -0.39 is 104 Å². The number of carbonyl (C=O) groups excluding carboxylic acids is 6. The van der Waals surface area contributed by atoms with Crippen LogP contribution in [-0.2, 0) is 38.4 Å². The minimum Gasteiger partial charge on any atom is -0.481 e. The number of carboxylic acid groups (broad SMARTS) is 2. The molecule has 0 spiro atoms. The zero-order chi connectivity index (χ0) is 26.6. The molecule has 0 heterocycles. The van der Waals surface area contributed by atoms with Crippen LogP contribution < -0.4 is 38.9 Å². The van der Waals surface area contributed by atoms with Gasteiger partial charge in [0, 0.05) is 6.42 Å². The second kappa shape index (κ2) is 14.0. The summed E-state index contributed by atoms with van der Waals surface area (Å²) in [5.74, 6) is -9.45. The Bertz CT molecular complexity index is 847. The number of rotatable bonds is 16. The fraction of sp³-hybridized carbons (Fsp3) is 0.529. The van der Waals surface area contributed by atoms with Crippen LogP contribution in [0.3, 0.4) is 0 Å². The van der Waals surface area contributed by atoms with Crippen LogP contribution >= 0.6 is 0 Å². The lowest BCUT2D eigenvalue weighted by Crippen LogP contribution is -2.58. The van der Waals surface area contributed by atoms with Crippen molar-refractivity contribution >= 4 is 47.4 Å². The van der Waals surface area contributed by atoms with Crippen molar-refractivity contribution in [3.8, 4) is 0 Å². The maximum absolute atomic E-state index is 12.7. The highest BCUT2D eigenvalue weighted by Crippen LogP contribution is 2.03. The maximum atomic E-state index is 12.7. The summed E-state index contributed by atoms with van der Waals surface area (Å²) in [7, 11) is 0. The predicted octanol–water partition coefficient (Wildman–Crippen LogP) is -5.66. The van der Waals surface area contributed by atoms with Crippen LogP contribution in [0.1, 0.15) is 32.1 Å². The van der Waals surface area contributed by atoms with Gasteiger partial charge < -0.3 is 49.1 Å². The second-order valence-electron chi connectivity index (χ2n) is 7.07. The third kappa shape index (κ3) is 11.9. The number of aliphatic carboxylic acids is 2. The van der Waals surface area contributed by atoms with Gasteiger partial charge in [-0.1, -0.05) is 0 Å². The van der Waals surface area contributed by atoms with Gasteiger partial charge in [0.1, 0.15) is 18.1 Å². The van der Waals surface area contributed by atoms with Crippen molar-refractivity contribution in [2.75, 3.05) is 0 Å². The third-order valence-corrected chi connectivity index (χ3v) is 4.10. The number of carbonyl (C=O) groups is 8. The van der Waals surface area contributed by atoms with Gasteiger partial charge in [-0.2, -0.15) is 0 Å². The van der Waals surface area contributed by atoms with Gasteiger partial charge in [0.05, 0.1) is 25.3 Å². The van der Waals surface area contributed by atoms with Crippen molar-refractivity contribution in [2.45, 2.75) is 56.3 Å². The van der Waals surface area contributed by atoms with E-state index in [2.05, 4.69) is 10.6 Å².